The van der Waals surface area contributed by atoms with Crippen LogP contribution in [-0.4, -0.2) is 22.1 Å². The molecule has 3 aromatic rings. The Balaban J connectivity index is 1.44. The summed E-state index contributed by atoms with van der Waals surface area (Å²) in [6.07, 6.45) is 5.50. The van der Waals surface area contributed by atoms with Gasteiger partial charge in [-0.2, -0.15) is 0 Å². The molecule has 2 aromatic carbocycles. The number of rotatable bonds is 7. The number of imidazole rings is 1. The van der Waals surface area contributed by atoms with Gasteiger partial charge >= 0.3 is 0 Å². The van der Waals surface area contributed by atoms with Gasteiger partial charge < -0.3 is 14.6 Å². The van der Waals surface area contributed by atoms with Gasteiger partial charge in [0.15, 0.2) is 6.61 Å². The fraction of sp³-hybridized carbons (Fsp3) is 0.238. The molecule has 5 nitrogen and oxygen atoms in total. The van der Waals surface area contributed by atoms with Crippen molar-refractivity contribution in [1.82, 2.24) is 14.9 Å². The van der Waals surface area contributed by atoms with E-state index < -0.39 is 0 Å². The molecule has 0 atom stereocenters. The number of amides is 1. The highest BCUT2D eigenvalue weighted by atomic mass is 16.5. The van der Waals surface area contributed by atoms with Crippen LogP contribution in [0.1, 0.15) is 22.3 Å². The summed E-state index contributed by atoms with van der Waals surface area (Å²) in [4.78, 5) is 16.0. The lowest BCUT2D eigenvalue weighted by atomic mass is 10.1. The summed E-state index contributed by atoms with van der Waals surface area (Å²) in [6.45, 7) is 5.36. The molecule has 1 aromatic heterocycles. The van der Waals surface area contributed by atoms with Crippen LogP contribution in [0.3, 0.4) is 0 Å². The van der Waals surface area contributed by atoms with Crippen molar-refractivity contribution in [3.63, 3.8) is 0 Å². The summed E-state index contributed by atoms with van der Waals surface area (Å²) in [5, 5.41) is 2.88. The summed E-state index contributed by atoms with van der Waals surface area (Å²) in [5.74, 6) is 0.581. The number of carbonyl (C=O) groups is 1. The summed E-state index contributed by atoms with van der Waals surface area (Å²) < 4.78 is 7.56. The maximum absolute atomic E-state index is 12.0. The lowest BCUT2D eigenvalue weighted by Crippen LogP contribution is -2.28. The molecular weight excluding hydrogens is 326 g/mol. The average molecular weight is 349 g/mol. The van der Waals surface area contributed by atoms with Crippen LogP contribution in [0, 0.1) is 13.8 Å². The first-order valence-corrected chi connectivity index (χ1v) is 8.60. The van der Waals surface area contributed by atoms with Gasteiger partial charge in [0.05, 0.1) is 6.33 Å². The molecule has 0 fully saturated rings. The van der Waals surface area contributed by atoms with Crippen LogP contribution >= 0.6 is 0 Å². The highest BCUT2D eigenvalue weighted by Gasteiger charge is 2.04. The van der Waals surface area contributed by atoms with E-state index in [0.29, 0.717) is 12.3 Å². The second-order valence-corrected chi connectivity index (χ2v) is 6.36. The minimum atomic E-state index is -0.134. The molecule has 1 heterocycles. The Hall–Kier alpha value is -3.08. The van der Waals surface area contributed by atoms with Gasteiger partial charge in [-0.05, 0) is 48.2 Å². The van der Waals surface area contributed by atoms with Crippen LogP contribution in [0.25, 0.3) is 0 Å². The first-order chi connectivity index (χ1) is 12.6. The molecule has 0 radical (unpaired) electrons. The Kier molecular flexibility index (Phi) is 5.69. The van der Waals surface area contributed by atoms with Gasteiger partial charge in [0.1, 0.15) is 5.75 Å². The second kappa shape index (κ2) is 8.34. The zero-order valence-electron chi connectivity index (χ0n) is 15.1. The summed E-state index contributed by atoms with van der Waals surface area (Å²) >= 11 is 0. The molecule has 26 heavy (non-hydrogen) atoms. The minimum absolute atomic E-state index is 0.0151. The molecule has 0 saturated heterocycles. The lowest BCUT2D eigenvalue weighted by molar-refractivity contribution is -0.123. The van der Waals surface area contributed by atoms with Gasteiger partial charge in [0.25, 0.3) is 5.91 Å². The largest absolute Gasteiger partial charge is 0.484 e. The molecule has 0 unspecified atom stereocenters. The molecule has 0 aliphatic rings. The van der Waals surface area contributed by atoms with Crippen molar-refractivity contribution in [1.29, 1.82) is 0 Å². The SMILES string of the molecule is Cc1ccc(OCC(=O)NCc2ccc(Cn3ccnc3)cc2)cc1C. The molecule has 1 N–H and O–H groups in total. The number of nitrogens with zero attached hydrogens (tertiary/aromatic N) is 2. The van der Waals surface area contributed by atoms with Crippen LogP contribution in [0.5, 0.6) is 5.75 Å². The van der Waals surface area contributed by atoms with Crippen molar-refractivity contribution in [3.05, 3.63) is 83.4 Å². The van der Waals surface area contributed by atoms with Gasteiger partial charge in [0.2, 0.25) is 0 Å². The Labute approximate surface area is 153 Å². The average Bonchev–Trinajstić information content (AvgIpc) is 3.15. The summed E-state index contributed by atoms with van der Waals surface area (Å²) in [6, 6.07) is 14.0. The second-order valence-electron chi connectivity index (χ2n) is 6.36. The highest BCUT2D eigenvalue weighted by Crippen LogP contribution is 2.16. The zero-order chi connectivity index (χ0) is 18.4. The monoisotopic (exact) mass is 349 g/mol. The van der Waals surface area contributed by atoms with Crippen molar-refractivity contribution in [3.8, 4) is 5.75 Å². The summed E-state index contributed by atoms with van der Waals surface area (Å²) in [7, 11) is 0. The third kappa shape index (κ3) is 4.96. The Morgan fingerprint density at radius 3 is 2.54 bits per heavy atom. The van der Waals surface area contributed by atoms with Crippen LogP contribution < -0.4 is 10.1 Å². The first kappa shape index (κ1) is 17.7. The van der Waals surface area contributed by atoms with Gasteiger partial charge in [0, 0.05) is 25.5 Å². The van der Waals surface area contributed by atoms with Gasteiger partial charge in [-0.3, -0.25) is 4.79 Å². The molecular formula is C21H23N3O2. The number of aryl methyl sites for hydroxylation is 2. The molecule has 0 bridgehead atoms. The van der Waals surface area contributed by atoms with E-state index in [9.17, 15) is 4.79 Å². The maximum atomic E-state index is 12.0. The van der Waals surface area contributed by atoms with Crippen molar-refractivity contribution in [2.24, 2.45) is 0 Å². The van der Waals surface area contributed by atoms with E-state index in [1.54, 1.807) is 12.5 Å². The molecule has 134 valence electrons. The molecule has 0 spiro atoms. The first-order valence-electron chi connectivity index (χ1n) is 8.60. The number of ether oxygens (including phenoxy) is 1. The zero-order valence-corrected chi connectivity index (χ0v) is 15.1. The van der Waals surface area contributed by atoms with Crippen LogP contribution in [0.2, 0.25) is 0 Å². The fourth-order valence-corrected chi connectivity index (χ4v) is 2.56. The lowest BCUT2D eigenvalue weighted by Gasteiger charge is -2.09. The number of carbonyl (C=O) groups excluding carboxylic acids is 1. The van der Waals surface area contributed by atoms with Gasteiger partial charge in [-0.15, -0.1) is 0 Å². The predicted molar refractivity (Wildman–Crippen MR) is 101 cm³/mol. The van der Waals surface area contributed by atoms with Gasteiger partial charge in [-0.25, -0.2) is 4.98 Å². The van der Waals surface area contributed by atoms with Crippen LogP contribution in [-0.2, 0) is 17.9 Å². The molecule has 1 amide bonds. The van der Waals surface area contributed by atoms with Crippen molar-refractivity contribution in [2.45, 2.75) is 26.9 Å². The summed E-state index contributed by atoms with van der Waals surface area (Å²) in [5.41, 5.74) is 4.60. The number of hydrogen-bond acceptors (Lipinski definition) is 3. The topological polar surface area (TPSA) is 56.1 Å². The van der Waals surface area contributed by atoms with E-state index >= 15 is 0 Å². The third-order valence-corrected chi connectivity index (χ3v) is 4.29. The Morgan fingerprint density at radius 2 is 1.85 bits per heavy atom. The molecule has 0 aliphatic heterocycles. The quantitative estimate of drug-likeness (QED) is 0.712. The molecule has 5 heteroatoms. The van der Waals surface area contributed by atoms with Crippen molar-refractivity contribution >= 4 is 5.91 Å². The van der Waals surface area contributed by atoms with E-state index in [4.69, 9.17) is 4.74 Å². The molecule has 3 rings (SSSR count). The van der Waals surface area contributed by atoms with E-state index in [-0.39, 0.29) is 12.5 Å². The number of nitrogens with one attached hydrogen (secondary N) is 1. The smallest absolute Gasteiger partial charge is 0.258 e. The molecule has 0 aliphatic carbocycles. The predicted octanol–water partition coefficient (Wildman–Crippen LogP) is 3.24. The number of benzene rings is 2. The van der Waals surface area contributed by atoms with E-state index in [1.807, 2.05) is 54.9 Å². The Morgan fingerprint density at radius 1 is 1.08 bits per heavy atom. The minimum Gasteiger partial charge on any atom is -0.484 e. The fourth-order valence-electron chi connectivity index (χ4n) is 2.56. The normalized spacial score (nSPS) is 10.5. The van der Waals surface area contributed by atoms with E-state index in [2.05, 4.69) is 22.4 Å². The van der Waals surface area contributed by atoms with Crippen molar-refractivity contribution < 1.29 is 9.53 Å². The van der Waals surface area contributed by atoms with E-state index in [0.717, 1.165) is 17.7 Å². The number of hydrogen-bond donors (Lipinski definition) is 1. The highest BCUT2D eigenvalue weighted by molar-refractivity contribution is 5.77. The van der Waals surface area contributed by atoms with E-state index in [1.165, 1.54) is 11.1 Å². The maximum Gasteiger partial charge on any atom is 0.258 e. The third-order valence-electron chi connectivity index (χ3n) is 4.29. The van der Waals surface area contributed by atoms with Crippen LogP contribution in [0.4, 0.5) is 0 Å². The number of aromatic nitrogens is 2. The van der Waals surface area contributed by atoms with Crippen LogP contribution in [0.15, 0.2) is 61.2 Å². The molecule has 0 saturated carbocycles. The van der Waals surface area contributed by atoms with Crippen molar-refractivity contribution in [2.75, 3.05) is 6.61 Å². The standard InChI is InChI=1S/C21H23N3O2/c1-16-3-8-20(11-17(16)2)26-14-21(25)23-12-18-4-6-19(7-5-18)13-24-10-9-22-15-24/h3-11,15H,12-14H2,1-2H3,(H,23,25). The Bertz CT molecular complexity index is 855. The van der Waals surface area contributed by atoms with Gasteiger partial charge in [-0.1, -0.05) is 30.3 Å².